The number of hydrogen-bond donors (Lipinski definition) is 0. The number of benzene rings is 1. The van der Waals surface area contributed by atoms with Crippen molar-refractivity contribution in [3.05, 3.63) is 51.5 Å². The number of ether oxygens (including phenoxy) is 1. The van der Waals surface area contributed by atoms with Crippen LogP contribution in [0.4, 0.5) is 13.2 Å². The van der Waals surface area contributed by atoms with Crippen LogP contribution in [0.3, 0.4) is 0 Å². The van der Waals surface area contributed by atoms with E-state index >= 15 is 0 Å². The molecule has 0 fully saturated rings. The summed E-state index contributed by atoms with van der Waals surface area (Å²) < 4.78 is 44.6. The summed E-state index contributed by atoms with van der Waals surface area (Å²) in [5.41, 5.74) is 0.124. The highest BCUT2D eigenvalue weighted by atomic mass is 35.5. The van der Waals surface area contributed by atoms with E-state index in [-0.39, 0.29) is 16.3 Å². The highest BCUT2D eigenvalue weighted by molar-refractivity contribution is 6.32. The van der Waals surface area contributed by atoms with Crippen LogP contribution in [0.25, 0.3) is 0 Å². The zero-order chi connectivity index (χ0) is 14.9. The number of nitrogens with zero attached hydrogens (tertiary/aromatic N) is 2. The molecule has 0 saturated carbocycles. The summed E-state index contributed by atoms with van der Waals surface area (Å²) in [6, 6.07) is 5.56. The molecule has 0 saturated heterocycles. The van der Waals surface area contributed by atoms with Gasteiger partial charge in [-0.15, -0.1) is 0 Å². The van der Waals surface area contributed by atoms with Crippen LogP contribution in [0, 0.1) is 29.0 Å². The number of pyridine rings is 1. The van der Waals surface area contributed by atoms with Gasteiger partial charge in [0.2, 0.25) is 11.8 Å². The molecule has 1 aromatic carbocycles. The summed E-state index contributed by atoms with van der Waals surface area (Å²) in [5.74, 6) is -5.62. The van der Waals surface area contributed by atoms with E-state index in [0.29, 0.717) is 0 Å². The standard InChI is InChI=1S/C12H3Cl2F3N2O/c13-6-1-5(4-18)2-7(3-6)20-10-8(14)11(16)19-12(17)9(10)15/h1-3H. The van der Waals surface area contributed by atoms with E-state index in [1.165, 1.54) is 18.2 Å². The zero-order valence-electron chi connectivity index (χ0n) is 9.42. The molecular formula is C12H3Cl2F3N2O. The Bertz CT molecular complexity index is 705. The van der Waals surface area contributed by atoms with Crippen molar-refractivity contribution < 1.29 is 17.9 Å². The van der Waals surface area contributed by atoms with E-state index in [0.717, 1.165) is 0 Å². The first-order valence-electron chi connectivity index (χ1n) is 5.01. The van der Waals surface area contributed by atoms with Crippen molar-refractivity contribution in [2.24, 2.45) is 0 Å². The van der Waals surface area contributed by atoms with E-state index in [2.05, 4.69) is 4.98 Å². The SMILES string of the molecule is N#Cc1cc(Cl)cc(Oc2c(F)c(F)nc(F)c2Cl)c1. The Morgan fingerprint density at radius 2 is 1.80 bits per heavy atom. The lowest BCUT2D eigenvalue weighted by atomic mass is 10.2. The fourth-order valence-corrected chi connectivity index (χ4v) is 1.75. The first-order chi connectivity index (χ1) is 9.42. The summed E-state index contributed by atoms with van der Waals surface area (Å²) in [5, 5.41) is 8.07. The Morgan fingerprint density at radius 1 is 1.10 bits per heavy atom. The number of halogens is 5. The molecule has 20 heavy (non-hydrogen) atoms. The molecule has 3 nitrogen and oxygen atoms in total. The van der Waals surface area contributed by atoms with Gasteiger partial charge in [-0.2, -0.15) is 23.4 Å². The Balaban J connectivity index is 2.51. The Kier molecular flexibility index (Phi) is 4.02. The molecule has 1 aromatic heterocycles. The fraction of sp³-hybridized carbons (Fsp3) is 0. The number of rotatable bonds is 2. The molecule has 2 aromatic rings. The van der Waals surface area contributed by atoms with Crippen LogP contribution in [-0.4, -0.2) is 4.98 Å². The van der Waals surface area contributed by atoms with Crippen molar-refractivity contribution in [1.82, 2.24) is 4.98 Å². The second kappa shape index (κ2) is 5.57. The summed E-state index contributed by atoms with van der Waals surface area (Å²) >= 11 is 11.2. The van der Waals surface area contributed by atoms with Gasteiger partial charge in [0.15, 0.2) is 5.75 Å². The molecule has 0 radical (unpaired) electrons. The van der Waals surface area contributed by atoms with Gasteiger partial charge in [-0.3, -0.25) is 0 Å². The lowest BCUT2D eigenvalue weighted by molar-refractivity contribution is 0.387. The molecule has 0 amide bonds. The van der Waals surface area contributed by atoms with Gasteiger partial charge in [0.05, 0.1) is 11.6 Å². The maximum absolute atomic E-state index is 13.5. The first-order valence-corrected chi connectivity index (χ1v) is 5.76. The largest absolute Gasteiger partial charge is 0.452 e. The minimum atomic E-state index is -1.69. The van der Waals surface area contributed by atoms with Gasteiger partial charge >= 0.3 is 0 Å². The van der Waals surface area contributed by atoms with Gasteiger partial charge < -0.3 is 4.74 Å². The van der Waals surface area contributed by atoms with E-state index < -0.39 is 28.5 Å². The highest BCUT2D eigenvalue weighted by Gasteiger charge is 2.21. The molecule has 0 aliphatic carbocycles. The van der Waals surface area contributed by atoms with Crippen molar-refractivity contribution in [1.29, 1.82) is 5.26 Å². The third-order valence-electron chi connectivity index (χ3n) is 2.18. The predicted molar refractivity (Wildman–Crippen MR) is 65.4 cm³/mol. The minimum absolute atomic E-state index is 0.0974. The normalized spacial score (nSPS) is 10.2. The molecule has 0 bridgehead atoms. The maximum atomic E-state index is 13.5. The third kappa shape index (κ3) is 2.79. The number of hydrogen-bond acceptors (Lipinski definition) is 3. The summed E-state index contributed by atoms with van der Waals surface area (Å²) in [6.45, 7) is 0. The van der Waals surface area contributed by atoms with Crippen LogP contribution < -0.4 is 4.74 Å². The van der Waals surface area contributed by atoms with Gasteiger partial charge in [-0.1, -0.05) is 23.2 Å². The van der Waals surface area contributed by atoms with Crippen LogP contribution in [0.15, 0.2) is 18.2 Å². The van der Waals surface area contributed by atoms with Crippen molar-refractivity contribution >= 4 is 23.2 Å². The van der Waals surface area contributed by atoms with Gasteiger partial charge in [-0.25, -0.2) is 0 Å². The average molecular weight is 319 g/mol. The van der Waals surface area contributed by atoms with Crippen LogP contribution in [0.1, 0.15) is 5.56 Å². The molecule has 102 valence electrons. The van der Waals surface area contributed by atoms with Crippen LogP contribution in [0.2, 0.25) is 10.0 Å². The third-order valence-corrected chi connectivity index (χ3v) is 2.72. The van der Waals surface area contributed by atoms with Gasteiger partial charge in [0.25, 0.3) is 5.95 Å². The van der Waals surface area contributed by atoms with E-state index in [1.807, 2.05) is 0 Å². The molecule has 0 N–H and O–H groups in total. The van der Waals surface area contributed by atoms with Crippen molar-refractivity contribution in [2.45, 2.75) is 0 Å². The van der Waals surface area contributed by atoms with E-state index in [4.69, 9.17) is 33.2 Å². The van der Waals surface area contributed by atoms with E-state index in [1.54, 1.807) is 6.07 Å². The molecule has 8 heteroatoms. The molecule has 2 rings (SSSR count). The average Bonchev–Trinajstić information content (AvgIpc) is 2.40. The minimum Gasteiger partial charge on any atom is -0.452 e. The topological polar surface area (TPSA) is 45.9 Å². The molecular weight excluding hydrogens is 316 g/mol. The highest BCUT2D eigenvalue weighted by Crippen LogP contribution is 2.35. The first kappa shape index (κ1) is 14.4. The maximum Gasteiger partial charge on any atom is 0.255 e. The smallest absolute Gasteiger partial charge is 0.255 e. The van der Waals surface area contributed by atoms with Crippen molar-refractivity contribution in [2.75, 3.05) is 0 Å². The number of aromatic nitrogens is 1. The molecule has 0 spiro atoms. The summed E-state index contributed by atoms with van der Waals surface area (Å²) in [4.78, 5) is 2.63. The quantitative estimate of drug-likeness (QED) is 0.767. The monoisotopic (exact) mass is 318 g/mol. The van der Waals surface area contributed by atoms with Gasteiger partial charge in [0.1, 0.15) is 10.8 Å². The molecule has 0 unspecified atom stereocenters. The second-order valence-electron chi connectivity index (χ2n) is 3.54. The van der Waals surface area contributed by atoms with Crippen molar-refractivity contribution in [3.8, 4) is 17.6 Å². The second-order valence-corrected chi connectivity index (χ2v) is 4.35. The lowest BCUT2D eigenvalue weighted by Crippen LogP contribution is -2.00. The summed E-state index contributed by atoms with van der Waals surface area (Å²) in [6.07, 6.45) is 0. The zero-order valence-corrected chi connectivity index (χ0v) is 10.9. The Morgan fingerprint density at radius 3 is 2.45 bits per heavy atom. The Labute approximate surface area is 121 Å². The Hall–Kier alpha value is -1.97. The molecule has 0 atom stereocenters. The van der Waals surface area contributed by atoms with E-state index in [9.17, 15) is 13.2 Å². The molecule has 1 heterocycles. The van der Waals surface area contributed by atoms with Crippen molar-refractivity contribution in [3.63, 3.8) is 0 Å². The lowest BCUT2D eigenvalue weighted by Gasteiger charge is -2.09. The van der Waals surface area contributed by atoms with Gasteiger partial charge in [-0.05, 0) is 18.2 Å². The van der Waals surface area contributed by atoms with Crippen LogP contribution in [0.5, 0.6) is 11.5 Å². The molecule has 0 aliphatic heterocycles. The van der Waals surface area contributed by atoms with Gasteiger partial charge in [0, 0.05) is 5.02 Å². The van der Waals surface area contributed by atoms with Crippen LogP contribution in [-0.2, 0) is 0 Å². The summed E-state index contributed by atoms with van der Waals surface area (Å²) in [7, 11) is 0. The molecule has 0 aliphatic rings. The fourth-order valence-electron chi connectivity index (χ4n) is 1.36. The number of nitriles is 1. The van der Waals surface area contributed by atoms with Crippen LogP contribution >= 0.6 is 23.2 Å². The predicted octanol–water partition coefficient (Wildman–Crippen LogP) is 4.47.